The number of methoxy groups -OCH3 is 1. The van der Waals surface area contributed by atoms with E-state index in [-0.39, 0.29) is 11.8 Å². The number of rotatable bonds is 4. The molecule has 1 saturated heterocycles. The first-order valence-corrected chi connectivity index (χ1v) is 5.39. The minimum Gasteiger partial charge on any atom is -0.380 e. The maximum atomic E-state index is 11.7. The second-order valence-electron chi connectivity index (χ2n) is 3.98. The van der Waals surface area contributed by atoms with Crippen LogP contribution >= 0.6 is 0 Å². The van der Waals surface area contributed by atoms with Crippen LogP contribution in [0.5, 0.6) is 0 Å². The van der Waals surface area contributed by atoms with Crippen molar-refractivity contribution >= 4 is 11.6 Å². The SMILES string of the molecule is COCc1cccc(NC(=O)C2CNC2)c1. The molecule has 0 radical (unpaired) electrons. The average Bonchev–Trinajstić information content (AvgIpc) is 2.15. The van der Waals surface area contributed by atoms with Gasteiger partial charge in [0, 0.05) is 25.9 Å². The number of amides is 1. The van der Waals surface area contributed by atoms with Gasteiger partial charge in [0.05, 0.1) is 12.5 Å². The first kappa shape index (κ1) is 11.1. The van der Waals surface area contributed by atoms with Gasteiger partial charge in [0.25, 0.3) is 0 Å². The number of carbonyl (C=O) groups is 1. The van der Waals surface area contributed by atoms with Crippen molar-refractivity contribution in [2.75, 3.05) is 25.5 Å². The van der Waals surface area contributed by atoms with Crippen LogP contribution in [0.2, 0.25) is 0 Å². The van der Waals surface area contributed by atoms with E-state index in [0.717, 1.165) is 24.3 Å². The molecule has 1 fully saturated rings. The van der Waals surface area contributed by atoms with E-state index >= 15 is 0 Å². The molecule has 4 heteroatoms. The van der Waals surface area contributed by atoms with E-state index in [9.17, 15) is 4.79 Å². The molecule has 0 saturated carbocycles. The molecule has 4 nitrogen and oxygen atoms in total. The lowest BCUT2D eigenvalue weighted by Crippen LogP contribution is -2.48. The summed E-state index contributed by atoms with van der Waals surface area (Å²) < 4.78 is 5.04. The van der Waals surface area contributed by atoms with Crippen LogP contribution in [0.25, 0.3) is 0 Å². The summed E-state index contributed by atoms with van der Waals surface area (Å²) in [5.74, 6) is 0.208. The van der Waals surface area contributed by atoms with Crippen molar-refractivity contribution in [2.24, 2.45) is 5.92 Å². The number of hydrogen-bond donors (Lipinski definition) is 2. The van der Waals surface area contributed by atoms with Crippen LogP contribution < -0.4 is 10.6 Å². The summed E-state index contributed by atoms with van der Waals surface area (Å²) >= 11 is 0. The van der Waals surface area contributed by atoms with Gasteiger partial charge in [0.15, 0.2) is 0 Å². The fraction of sp³-hybridized carbons (Fsp3) is 0.417. The fourth-order valence-corrected chi connectivity index (χ4v) is 1.62. The lowest BCUT2D eigenvalue weighted by atomic mass is 10.0. The third-order valence-corrected chi connectivity index (χ3v) is 2.66. The quantitative estimate of drug-likeness (QED) is 0.795. The van der Waals surface area contributed by atoms with E-state index in [0.29, 0.717) is 6.61 Å². The van der Waals surface area contributed by atoms with Crippen molar-refractivity contribution in [1.82, 2.24) is 5.32 Å². The zero-order chi connectivity index (χ0) is 11.4. The summed E-state index contributed by atoms with van der Waals surface area (Å²) in [6, 6.07) is 7.73. The minimum absolute atomic E-state index is 0.0910. The molecule has 2 N–H and O–H groups in total. The van der Waals surface area contributed by atoms with Crippen LogP contribution in [-0.2, 0) is 16.1 Å². The Kier molecular flexibility index (Phi) is 3.54. The summed E-state index contributed by atoms with van der Waals surface area (Å²) in [4.78, 5) is 11.7. The van der Waals surface area contributed by atoms with Gasteiger partial charge in [-0.25, -0.2) is 0 Å². The number of carbonyl (C=O) groups excluding carboxylic acids is 1. The molecule has 1 aliphatic heterocycles. The van der Waals surface area contributed by atoms with Crippen LogP contribution in [-0.4, -0.2) is 26.1 Å². The highest BCUT2D eigenvalue weighted by molar-refractivity contribution is 5.93. The van der Waals surface area contributed by atoms with Crippen molar-refractivity contribution in [3.8, 4) is 0 Å². The van der Waals surface area contributed by atoms with Gasteiger partial charge in [0.2, 0.25) is 5.91 Å². The van der Waals surface area contributed by atoms with Gasteiger partial charge in [-0.15, -0.1) is 0 Å². The summed E-state index contributed by atoms with van der Waals surface area (Å²) in [6.45, 7) is 2.13. The predicted molar refractivity (Wildman–Crippen MR) is 62.1 cm³/mol. The summed E-state index contributed by atoms with van der Waals surface area (Å²) in [5.41, 5.74) is 1.90. The van der Waals surface area contributed by atoms with Crippen molar-refractivity contribution < 1.29 is 9.53 Å². The van der Waals surface area contributed by atoms with Crippen molar-refractivity contribution in [1.29, 1.82) is 0 Å². The molecular weight excluding hydrogens is 204 g/mol. The first-order valence-electron chi connectivity index (χ1n) is 5.39. The highest BCUT2D eigenvalue weighted by Crippen LogP contribution is 2.13. The van der Waals surface area contributed by atoms with E-state index < -0.39 is 0 Å². The molecule has 1 amide bonds. The number of nitrogens with one attached hydrogen (secondary N) is 2. The Hall–Kier alpha value is -1.39. The molecule has 1 aromatic rings. The lowest BCUT2D eigenvalue weighted by Gasteiger charge is -2.25. The topological polar surface area (TPSA) is 50.4 Å². The van der Waals surface area contributed by atoms with E-state index in [1.165, 1.54) is 0 Å². The van der Waals surface area contributed by atoms with Crippen LogP contribution in [0, 0.1) is 5.92 Å². The van der Waals surface area contributed by atoms with Crippen LogP contribution in [0.1, 0.15) is 5.56 Å². The van der Waals surface area contributed by atoms with Crippen molar-refractivity contribution in [2.45, 2.75) is 6.61 Å². The molecule has 16 heavy (non-hydrogen) atoms. The van der Waals surface area contributed by atoms with E-state index in [4.69, 9.17) is 4.74 Å². The smallest absolute Gasteiger partial charge is 0.230 e. The second-order valence-corrected chi connectivity index (χ2v) is 3.98. The van der Waals surface area contributed by atoms with Crippen LogP contribution in [0.3, 0.4) is 0 Å². The summed E-state index contributed by atoms with van der Waals surface area (Å²) in [7, 11) is 1.66. The Morgan fingerprint density at radius 3 is 3.00 bits per heavy atom. The molecule has 86 valence electrons. The van der Waals surface area contributed by atoms with E-state index in [1.54, 1.807) is 7.11 Å². The van der Waals surface area contributed by atoms with Gasteiger partial charge in [-0.05, 0) is 17.7 Å². The van der Waals surface area contributed by atoms with Gasteiger partial charge >= 0.3 is 0 Å². The molecule has 0 aromatic heterocycles. The molecule has 2 rings (SSSR count). The Balaban J connectivity index is 1.97. The second kappa shape index (κ2) is 5.09. The van der Waals surface area contributed by atoms with Gasteiger partial charge in [-0.2, -0.15) is 0 Å². The number of benzene rings is 1. The highest BCUT2D eigenvalue weighted by Gasteiger charge is 2.24. The Morgan fingerprint density at radius 2 is 2.38 bits per heavy atom. The summed E-state index contributed by atoms with van der Waals surface area (Å²) in [5, 5.41) is 5.99. The maximum absolute atomic E-state index is 11.7. The molecule has 0 atom stereocenters. The third kappa shape index (κ3) is 2.59. The number of anilines is 1. The highest BCUT2D eigenvalue weighted by atomic mass is 16.5. The molecule has 0 aliphatic carbocycles. The molecule has 0 spiro atoms. The monoisotopic (exact) mass is 220 g/mol. The number of ether oxygens (including phenoxy) is 1. The first-order chi connectivity index (χ1) is 7.79. The lowest BCUT2D eigenvalue weighted by molar-refractivity contribution is -0.121. The standard InChI is InChI=1S/C12H16N2O2/c1-16-8-9-3-2-4-11(5-9)14-12(15)10-6-13-7-10/h2-5,10,13H,6-8H2,1H3,(H,14,15). The Morgan fingerprint density at radius 1 is 1.56 bits per heavy atom. The van der Waals surface area contributed by atoms with Crippen LogP contribution in [0.4, 0.5) is 5.69 Å². The van der Waals surface area contributed by atoms with Gasteiger partial charge < -0.3 is 15.4 Å². The fourth-order valence-electron chi connectivity index (χ4n) is 1.62. The normalized spacial score (nSPS) is 15.6. The molecule has 1 heterocycles. The molecule has 0 bridgehead atoms. The third-order valence-electron chi connectivity index (χ3n) is 2.66. The van der Waals surface area contributed by atoms with E-state index in [2.05, 4.69) is 10.6 Å². The minimum atomic E-state index is 0.0910. The Bertz CT molecular complexity index is 375. The van der Waals surface area contributed by atoms with Gasteiger partial charge in [-0.1, -0.05) is 12.1 Å². The van der Waals surface area contributed by atoms with Crippen molar-refractivity contribution in [3.05, 3.63) is 29.8 Å². The van der Waals surface area contributed by atoms with Crippen molar-refractivity contribution in [3.63, 3.8) is 0 Å². The molecular formula is C12H16N2O2. The van der Waals surface area contributed by atoms with Gasteiger partial charge in [0.1, 0.15) is 0 Å². The van der Waals surface area contributed by atoms with Crippen LogP contribution in [0.15, 0.2) is 24.3 Å². The largest absolute Gasteiger partial charge is 0.380 e. The number of hydrogen-bond acceptors (Lipinski definition) is 3. The zero-order valence-electron chi connectivity index (χ0n) is 9.32. The predicted octanol–water partition coefficient (Wildman–Crippen LogP) is 0.991. The molecule has 1 aliphatic rings. The van der Waals surface area contributed by atoms with E-state index in [1.807, 2.05) is 24.3 Å². The maximum Gasteiger partial charge on any atom is 0.230 e. The summed E-state index contributed by atoms with van der Waals surface area (Å²) in [6.07, 6.45) is 0. The Labute approximate surface area is 95.0 Å². The average molecular weight is 220 g/mol. The van der Waals surface area contributed by atoms with Gasteiger partial charge in [-0.3, -0.25) is 4.79 Å². The molecule has 0 unspecified atom stereocenters. The zero-order valence-corrected chi connectivity index (χ0v) is 9.32. The molecule has 1 aromatic carbocycles.